The van der Waals surface area contributed by atoms with Crippen LogP contribution in [0.2, 0.25) is 0 Å². The molecular weight excluding hydrogens is 558 g/mol. The number of alkyl halides is 3. The van der Waals surface area contributed by atoms with Crippen molar-refractivity contribution in [2.45, 2.75) is 17.6 Å². The molecule has 0 aliphatic carbocycles. The maximum atomic E-state index is 13.3. The summed E-state index contributed by atoms with van der Waals surface area (Å²) in [6.45, 7) is 1.47. The predicted molar refractivity (Wildman–Crippen MR) is 129 cm³/mol. The SMILES string of the molecule is COc1ccccc1CN(CCS(=O)(=O)N1CCNCC1)S(=O)(=O)c1ccc(F)cc1.O=C(O)C(F)(F)F. The molecule has 2 aromatic rings. The normalized spacial score (nSPS) is 15.0. The number of ether oxygens (including phenoxy) is 1. The van der Waals surface area contributed by atoms with Gasteiger partial charge in [0.1, 0.15) is 11.6 Å². The van der Waals surface area contributed by atoms with E-state index in [4.69, 9.17) is 14.6 Å². The third-order valence-corrected chi connectivity index (χ3v) is 9.01. The van der Waals surface area contributed by atoms with Gasteiger partial charge in [-0.1, -0.05) is 18.2 Å². The Hall–Kier alpha value is -2.79. The van der Waals surface area contributed by atoms with Gasteiger partial charge in [0, 0.05) is 44.8 Å². The molecule has 10 nitrogen and oxygen atoms in total. The highest BCUT2D eigenvalue weighted by molar-refractivity contribution is 7.90. The fourth-order valence-corrected chi connectivity index (χ4v) is 6.31. The number of hydrogen-bond donors (Lipinski definition) is 2. The highest BCUT2D eigenvalue weighted by Gasteiger charge is 2.38. The molecule has 0 radical (unpaired) electrons. The van der Waals surface area contributed by atoms with Crippen molar-refractivity contribution in [2.24, 2.45) is 0 Å². The fraction of sp³-hybridized carbons (Fsp3) is 0.409. The first-order chi connectivity index (χ1) is 17.7. The second kappa shape index (κ2) is 13.3. The number of rotatable bonds is 9. The second-order valence-electron chi connectivity index (χ2n) is 7.87. The van der Waals surface area contributed by atoms with E-state index < -0.39 is 38.0 Å². The van der Waals surface area contributed by atoms with E-state index in [9.17, 15) is 34.4 Å². The minimum absolute atomic E-state index is 0.0825. The third-order valence-electron chi connectivity index (χ3n) is 5.30. The van der Waals surface area contributed by atoms with E-state index in [2.05, 4.69) is 5.32 Å². The first-order valence-corrected chi connectivity index (χ1v) is 14.1. The average molecular weight is 586 g/mol. The Morgan fingerprint density at radius 2 is 1.61 bits per heavy atom. The summed E-state index contributed by atoms with van der Waals surface area (Å²) in [5.41, 5.74) is 0.593. The van der Waals surface area contributed by atoms with Crippen LogP contribution in [0.15, 0.2) is 53.4 Å². The summed E-state index contributed by atoms with van der Waals surface area (Å²) in [6, 6.07) is 11.4. The zero-order chi connectivity index (χ0) is 28.6. The largest absolute Gasteiger partial charge is 0.496 e. The Balaban J connectivity index is 0.000000638. The Labute approximate surface area is 217 Å². The van der Waals surface area contributed by atoms with Crippen LogP contribution in [0.1, 0.15) is 5.56 Å². The first kappa shape index (κ1) is 31.4. The van der Waals surface area contributed by atoms with Gasteiger partial charge in [0.2, 0.25) is 20.0 Å². The van der Waals surface area contributed by atoms with E-state index in [1.165, 1.54) is 23.5 Å². The van der Waals surface area contributed by atoms with E-state index in [1.807, 2.05) is 0 Å². The molecule has 1 aliphatic heterocycles. The molecule has 0 amide bonds. The number of halogens is 4. The minimum Gasteiger partial charge on any atom is -0.496 e. The van der Waals surface area contributed by atoms with Gasteiger partial charge >= 0.3 is 12.1 Å². The molecule has 1 saturated heterocycles. The smallest absolute Gasteiger partial charge is 0.490 e. The van der Waals surface area contributed by atoms with Crippen LogP contribution in [0, 0.1) is 5.82 Å². The molecule has 0 unspecified atom stereocenters. The summed E-state index contributed by atoms with van der Waals surface area (Å²) >= 11 is 0. The number of carboxylic acids is 1. The van der Waals surface area contributed by atoms with E-state index in [-0.39, 0.29) is 23.7 Å². The number of aliphatic carboxylic acids is 1. The topological polar surface area (TPSA) is 133 Å². The molecular formula is C22H27F4N3O7S2. The Morgan fingerprint density at radius 3 is 2.13 bits per heavy atom. The number of sulfonamides is 2. The van der Waals surface area contributed by atoms with Crippen molar-refractivity contribution in [3.05, 3.63) is 59.9 Å². The molecule has 212 valence electrons. The van der Waals surface area contributed by atoms with E-state index in [0.717, 1.165) is 16.4 Å². The fourth-order valence-electron chi connectivity index (χ4n) is 3.33. The van der Waals surface area contributed by atoms with Crippen LogP contribution in [-0.2, 0) is 31.4 Å². The molecule has 38 heavy (non-hydrogen) atoms. The summed E-state index contributed by atoms with van der Waals surface area (Å²) in [5.74, 6) is -3.18. The number of para-hydroxylation sites is 1. The van der Waals surface area contributed by atoms with Crippen LogP contribution in [0.5, 0.6) is 5.75 Å². The molecule has 1 fully saturated rings. The van der Waals surface area contributed by atoms with Crippen LogP contribution in [-0.4, -0.2) is 88.3 Å². The van der Waals surface area contributed by atoms with Crippen LogP contribution in [0.4, 0.5) is 17.6 Å². The first-order valence-electron chi connectivity index (χ1n) is 11.0. The van der Waals surface area contributed by atoms with Gasteiger partial charge in [-0.15, -0.1) is 0 Å². The van der Waals surface area contributed by atoms with Crippen molar-refractivity contribution in [2.75, 3.05) is 45.6 Å². The number of carboxylic acid groups (broad SMARTS) is 1. The molecule has 1 heterocycles. The Bertz CT molecular complexity index is 1280. The molecule has 3 rings (SSSR count). The molecule has 0 atom stereocenters. The van der Waals surface area contributed by atoms with Crippen LogP contribution in [0.3, 0.4) is 0 Å². The second-order valence-corrected chi connectivity index (χ2v) is 11.9. The van der Waals surface area contributed by atoms with Gasteiger partial charge in [0.25, 0.3) is 0 Å². The van der Waals surface area contributed by atoms with Gasteiger partial charge in [-0.25, -0.2) is 26.0 Å². The predicted octanol–water partition coefficient (Wildman–Crippen LogP) is 1.89. The van der Waals surface area contributed by atoms with E-state index >= 15 is 0 Å². The van der Waals surface area contributed by atoms with Crippen molar-refractivity contribution >= 4 is 26.0 Å². The zero-order valence-electron chi connectivity index (χ0n) is 20.2. The molecule has 16 heteroatoms. The lowest BCUT2D eigenvalue weighted by Crippen LogP contribution is -2.48. The number of hydrogen-bond acceptors (Lipinski definition) is 7. The number of nitrogens with zero attached hydrogens (tertiary/aromatic N) is 2. The molecule has 0 spiro atoms. The Kier molecular flexibility index (Phi) is 11.0. The summed E-state index contributed by atoms with van der Waals surface area (Å²) in [6.07, 6.45) is -5.08. The maximum Gasteiger partial charge on any atom is 0.490 e. The molecule has 1 aliphatic rings. The third kappa shape index (κ3) is 8.90. The standard InChI is InChI=1S/C20H26FN3O5S2.C2HF3O2/c1-29-20-5-3-2-4-17(20)16-24(31(27,28)19-8-6-18(21)7-9-19)14-15-30(25,26)23-12-10-22-11-13-23;3-2(4,5)1(6)7/h2-9,22H,10-16H2,1H3;(H,6,7). The van der Waals surface area contributed by atoms with Gasteiger partial charge in [-0.05, 0) is 30.3 Å². The molecule has 2 N–H and O–H groups in total. The van der Waals surface area contributed by atoms with Crippen LogP contribution >= 0.6 is 0 Å². The molecule has 0 saturated carbocycles. The number of piperazine rings is 1. The van der Waals surface area contributed by atoms with Gasteiger partial charge in [-0.2, -0.15) is 21.8 Å². The lowest BCUT2D eigenvalue weighted by molar-refractivity contribution is -0.192. The van der Waals surface area contributed by atoms with Crippen LogP contribution < -0.4 is 10.1 Å². The van der Waals surface area contributed by atoms with Crippen molar-refractivity contribution in [3.63, 3.8) is 0 Å². The highest BCUT2D eigenvalue weighted by atomic mass is 32.2. The summed E-state index contributed by atoms with van der Waals surface area (Å²) in [4.78, 5) is 8.79. The maximum absolute atomic E-state index is 13.3. The van der Waals surface area contributed by atoms with E-state index in [1.54, 1.807) is 24.3 Å². The lowest BCUT2D eigenvalue weighted by atomic mass is 10.2. The van der Waals surface area contributed by atoms with Crippen molar-refractivity contribution in [1.29, 1.82) is 0 Å². The van der Waals surface area contributed by atoms with Crippen molar-refractivity contribution in [3.8, 4) is 5.75 Å². The molecule has 2 aromatic carbocycles. The summed E-state index contributed by atoms with van der Waals surface area (Å²) in [7, 11) is -6.24. The lowest BCUT2D eigenvalue weighted by Gasteiger charge is -2.28. The van der Waals surface area contributed by atoms with Gasteiger partial charge < -0.3 is 15.2 Å². The number of benzene rings is 2. The van der Waals surface area contributed by atoms with Crippen molar-refractivity contribution < 1.29 is 49.0 Å². The van der Waals surface area contributed by atoms with Crippen LogP contribution in [0.25, 0.3) is 0 Å². The quantitative estimate of drug-likeness (QED) is 0.427. The monoisotopic (exact) mass is 585 g/mol. The summed E-state index contributed by atoms with van der Waals surface area (Å²) < 4.78 is 105. The van der Waals surface area contributed by atoms with Gasteiger partial charge in [-0.3, -0.25) is 0 Å². The van der Waals surface area contributed by atoms with Crippen molar-refractivity contribution in [1.82, 2.24) is 13.9 Å². The minimum atomic E-state index is -5.08. The Morgan fingerprint density at radius 1 is 1.05 bits per heavy atom. The number of carbonyl (C=O) groups is 1. The molecule has 0 aromatic heterocycles. The number of methoxy groups -OCH3 is 1. The van der Waals surface area contributed by atoms with Gasteiger partial charge in [0.15, 0.2) is 0 Å². The average Bonchev–Trinajstić information content (AvgIpc) is 2.87. The van der Waals surface area contributed by atoms with E-state index in [0.29, 0.717) is 37.5 Å². The highest BCUT2D eigenvalue weighted by Crippen LogP contribution is 2.24. The summed E-state index contributed by atoms with van der Waals surface area (Å²) in [5, 5.41) is 10.2. The van der Waals surface area contributed by atoms with Gasteiger partial charge in [0.05, 0.1) is 17.8 Å². The molecule has 0 bridgehead atoms. The number of nitrogens with one attached hydrogen (secondary N) is 1. The zero-order valence-corrected chi connectivity index (χ0v) is 21.8.